The SMILES string of the molecule is C=CCN(C(C)=O)c1ccc(Cl)cc1. The van der Waals surface area contributed by atoms with Gasteiger partial charge in [-0.05, 0) is 24.3 Å². The number of anilines is 1. The maximum Gasteiger partial charge on any atom is 0.224 e. The molecule has 0 aromatic heterocycles. The lowest BCUT2D eigenvalue weighted by Crippen LogP contribution is -2.28. The van der Waals surface area contributed by atoms with E-state index in [9.17, 15) is 4.79 Å². The number of carbonyl (C=O) groups excluding carboxylic acids is 1. The molecule has 0 N–H and O–H groups in total. The Morgan fingerprint density at radius 2 is 2.07 bits per heavy atom. The van der Waals surface area contributed by atoms with Crippen LogP contribution in [0.5, 0.6) is 0 Å². The molecule has 14 heavy (non-hydrogen) atoms. The standard InChI is InChI=1S/C11H12ClNO/c1-3-8-13(9(2)14)11-6-4-10(12)5-7-11/h3-7H,1,8H2,2H3. The lowest BCUT2D eigenvalue weighted by Gasteiger charge is -2.19. The van der Waals surface area contributed by atoms with Crippen molar-refractivity contribution >= 4 is 23.2 Å². The van der Waals surface area contributed by atoms with E-state index in [-0.39, 0.29) is 5.91 Å². The number of carbonyl (C=O) groups is 1. The van der Waals surface area contributed by atoms with Crippen molar-refractivity contribution in [3.63, 3.8) is 0 Å². The minimum atomic E-state index is -0.00720. The fourth-order valence-corrected chi connectivity index (χ4v) is 1.29. The second-order valence-corrected chi connectivity index (χ2v) is 3.33. The first-order valence-corrected chi connectivity index (χ1v) is 4.67. The molecule has 1 rings (SSSR count). The lowest BCUT2D eigenvalue weighted by molar-refractivity contribution is -0.116. The summed E-state index contributed by atoms with van der Waals surface area (Å²) < 4.78 is 0. The van der Waals surface area contributed by atoms with Crippen LogP contribution in [-0.2, 0) is 4.79 Å². The molecule has 0 heterocycles. The van der Waals surface area contributed by atoms with Crippen LogP contribution in [0.1, 0.15) is 6.92 Å². The Labute approximate surface area is 88.8 Å². The van der Waals surface area contributed by atoms with Crippen LogP contribution in [0.15, 0.2) is 36.9 Å². The molecule has 0 aliphatic rings. The molecule has 0 bridgehead atoms. The summed E-state index contributed by atoms with van der Waals surface area (Å²) in [6, 6.07) is 7.15. The zero-order valence-electron chi connectivity index (χ0n) is 8.03. The molecule has 0 saturated heterocycles. The van der Waals surface area contributed by atoms with Gasteiger partial charge in [0.05, 0.1) is 0 Å². The van der Waals surface area contributed by atoms with E-state index in [1.807, 2.05) is 12.1 Å². The Kier molecular flexibility index (Phi) is 3.72. The van der Waals surface area contributed by atoms with E-state index in [2.05, 4.69) is 6.58 Å². The highest BCUT2D eigenvalue weighted by molar-refractivity contribution is 6.30. The summed E-state index contributed by atoms with van der Waals surface area (Å²) in [6.07, 6.45) is 1.69. The molecule has 0 fully saturated rings. The third kappa shape index (κ3) is 2.60. The fraction of sp³-hybridized carbons (Fsp3) is 0.182. The minimum absolute atomic E-state index is 0.00720. The van der Waals surface area contributed by atoms with Crippen LogP contribution < -0.4 is 4.90 Å². The lowest BCUT2D eigenvalue weighted by atomic mass is 10.3. The van der Waals surface area contributed by atoms with Crippen molar-refractivity contribution in [3.05, 3.63) is 41.9 Å². The van der Waals surface area contributed by atoms with E-state index < -0.39 is 0 Å². The van der Waals surface area contributed by atoms with Crippen molar-refractivity contribution in [2.24, 2.45) is 0 Å². The van der Waals surface area contributed by atoms with Crippen molar-refractivity contribution in [1.82, 2.24) is 0 Å². The number of rotatable bonds is 3. The molecule has 0 atom stereocenters. The predicted octanol–water partition coefficient (Wildman–Crippen LogP) is 2.88. The van der Waals surface area contributed by atoms with Gasteiger partial charge in [0, 0.05) is 24.2 Å². The van der Waals surface area contributed by atoms with E-state index in [1.54, 1.807) is 23.1 Å². The normalized spacial score (nSPS) is 9.57. The van der Waals surface area contributed by atoms with Gasteiger partial charge in [-0.2, -0.15) is 0 Å². The van der Waals surface area contributed by atoms with Gasteiger partial charge in [0.15, 0.2) is 0 Å². The van der Waals surface area contributed by atoms with Gasteiger partial charge in [-0.1, -0.05) is 17.7 Å². The van der Waals surface area contributed by atoms with Gasteiger partial charge in [0.25, 0.3) is 0 Å². The summed E-state index contributed by atoms with van der Waals surface area (Å²) in [5.74, 6) is -0.00720. The highest BCUT2D eigenvalue weighted by atomic mass is 35.5. The van der Waals surface area contributed by atoms with Crippen molar-refractivity contribution < 1.29 is 4.79 Å². The van der Waals surface area contributed by atoms with Crippen molar-refractivity contribution in [2.75, 3.05) is 11.4 Å². The molecular formula is C11H12ClNO. The van der Waals surface area contributed by atoms with Gasteiger partial charge >= 0.3 is 0 Å². The first-order valence-electron chi connectivity index (χ1n) is 4.29. The van der Waals surface area contributed by atoms with Crippen LogP contribution in [0.25, 0.3) is 0 Å². The summed E-state index contributed by atoms with van der Waals surface area (Å²) in [5, 5.41) is 0.663. The highest BCUT2D eigenvalue weighted by Gasteiger charge is 2.08. The molecule has 74 valence electrons. The van der Waals surface area contributed by atoms with Crippen molar-refractivity contribution in [3.8, 4) is 0 Å². The molecule has 1 aromatic rings. The fourth-order valence-electron chi connectivity index (χ4n) is 1.17. The number of nitrogens with zero attached hydrogens (tertiary/aromatic N) is 1. The topological polar surface area (TPSA) is 20.3 Å². The molecule has 0 radical (unpaired) electrons. The smallest absolute Gasteiger partial charge is 0.224 e. The molecule has 0 unspecified atom stereocenters. The van der Waals surface area contributed by atoms with Crippen LogP contribution in [0, 0.1) is 0 Å². The zero-order chi connectivity index (χ0) is 10.6. The summed E-state index contributed by atoms with van der Waals surface area (Å²) >= 11 is 5.75. The third-order valence-electron chi connectivity index (χ3n) is 1.83. The monoisotopic (exact) mass is 209 g/mol. The molecule has 0 saturated carbocycles. The predicted molar refractivity (Wildman–Crippen MR) is 59.7 cm³/mol. The van der Waals surface area contributed by atoms with Gasteiger partial charge in [0.1, 0.15) is 0 Å². The quantitative estimate of drug-likeness (QED) is 0.701. The van der Waals surface area contributed by atoms with Gasteiger partial charge in [-0.3, -0.25) is 4.79 Å². The summed E-state index contributed by atoms with van der Waals surface area (Å²) in [4.78, 5) is 12.9. The second kappa shape index (κ2) is 4.82. The Morgan fingerprint density at radius 3 is 2.50 bits per heavy atom. The molecule has 1 amide bonds. The van der Waals surface area contributed by atoms with Gasteiger partial charge in [-0.15, -0.1) is 6.58 Å². The number of benzene rings is 1. The number of hydrogen-bond acceptors (Lipinski definition) is 1. The molecule has 3 heteroatoms. The number of halogens is 1. The summed E-state index contributed by atoms with van der Waals surface area (Å²) in [7, 11) is 0. The molecule has 1 aromatic carbocycles. The molecule has 0 aliphatic heterocycles. The maximum atomic E-state index is 11.3. The van der Waals surface area contributed by atoms with E-state index in [1.165, 1.54) is 6.92 Å². The van der Waals surface area contributed by atoms with Gasteiger partial charge in [0.2, 0.25) is 5.91 Å². The Bertz CT molecular complexity index is 332. The van der Waals surface area contributed by atoms with Crippen LogP contribution in [-0.4, -0.2) is 12.5 Å². The van der Waals surface area contributed by atoms with Crippen LogP contribution in [0.2, 0.25) is 5.02 Å². The van der Waals surface area contributed by atoms with Gasteiger partial charge < -0.3 is 4.90 Å². The van der Waals surface area contributed by atoms with E-state index in [4.69, 9.17) is 11.6 Å². The highest BCUT2D eigenvalue weighted by Crippen LogP contribution is 2.17. The Balaban J connectivity index is 2.93. The molecule has 0 aliphatic carbocycles. The van der Waals surface area contributed by atoms with E-state index >= 15 is 0 Å². The number of hydrogen-bond donors (Lipinski definition) is 0. The average Bonchev–Trinajstić information content (AvgIpc) is 2.15. The largest absolute Gasteiger partial charge is 0.309 e. The molecule has 2 nitrogen and oxygen atoms in total. The first kappa shape index (κ1) is 10.8. The number of amides is 1. The Morgan fingerprint density at radius 1 is 1.50 bits per heavy atom. The maximum absolute atomic E-state index is 11.3. The molecule has 0 spiro atoms. The van der Waals surface area contributed by atoms with Crippen molar-refractivity contribution in [1.29, 1.82) is 0 Å². The minimum Gasteiger partial charge on any atom is -0.309 e. The zero-order valence-corrected chi connectivity index (χ0v) is 8.79. The third-order valence-corrected chi connectivity index (χ3v) is 2.08. The summed E-state index contributed by atoms with van der Waals surface area (Å²) in [5.41, 5.74) is 0.835. The second-order valence-electron chi connectivity index (χ2n) is 2.89. The average molecular weight is 210 g/mol. The first-order chi connectivity index (χ1) is 6.65. The van der Waals surface area contributed by atoms with Gasteiger partial charge in [-0.25, -0.2) is 0 Å². The van der Waals surface area contributed by atoms with Crippen molar-refractivity contribution in [2.45, 2.75) is 6.92 Å². The van der Waals surface area contributed by atoms with Crippen LogP contribution >= 0.6 is 11.6 Å². The van der Waals surface area contributed by atoms with Crippen LogP contribution in [0.4, 0.5) is 5.69 Å². The van der Waals surface area contributed by atoms with Crippen LogP contribution in [0.3, 0.4) is 0 Å². The van der Waals surface area contributed by atoms with E-state index in [0.717, 1.165) is 5.69 Å². The summed E-state index contributed by atoms with van der Waals surface area (Å²) in [6.45, 7) is 5.64. The molecular weight excluding hydrogens is 198 g/mol. The van der Waals surface area contributed by atoms with E-state index in [0.29, 0.717) is 11.6 Å². The Hall–Kier alpha value is -1.28.